The molecule has 4 N–H and O–H groups in total. The van der Waals surface area contributed by atoms with Crippen molar-refractivity contribution in [3.05, 3.63) is 0 Å². The second-order valence-corrected chi connectivity index (χ2v) is 4.38. The Bertz CT molecular complexity index is 347. The first-order valence-electron chi connectivity index (χ1n) is 3.80. The molecule has 1 unspecified atom stereocenters. The van der Waals surface area contributed by atoms with Gasteiger partial charge in [-0.25, -0.2) is 4.79 Å². The molecule has 0 rings (SSSR count). The number of carboxylic acids is 2. The molecule has 0 amide bonds. The van der Waals surface area contributed by atoms with Crippen molar-refractivity contribution in [2.24, 2.45) is 0 Å². The molecule has 0 aliphatic carbocycles. The molecule has 9 nitrogen and oxygen atoms in total. The Balaban J connectivity index is 0. The molecule has 0 aliphatic heterocycles. The van der Waals surface area contributed by atoms with Gasteiger partial charge in [0.15, 0.2) is 0 Å². The summed E-state index contributed by atoms with van der Waals surface area (Å²) in [5, 5.41) is 16.7. The van der Waals surface area contributed by atoms with E-state index >= 15 is 0 Å². The normalized spacial score (nSPS) is 12.1. The Labute approximate surface area is 117 Å². The molecule has 1 radical (unpaired) electrons. The van der Waals surface area contributed by atoms with E-state index in [1.807, 2.05) is 0 Å². The molecular formula is C6H9NaO9P. The summed E-state index contributed by atoms with van der Waals surface area (Å²) >= 11 is 0. The van der Waals surface area contributed by atoms with Crippen LogP contribution in [0.25, 0.3) is 0 Å². The predicted molar refractivity (Wildman–Crippen MR) is 52.4 cm³/mol. The van der Waals surface area contributed by atoms with E-state index in [2.05, 4.69) is 4.74 Å². The fourth-order valence-electron chi connectivity index (χ4n) is 0.702. The second-order valence-electron chi connectivity index (χ2n) is 2.74. The molecule has 0 aliphatic rings. The molecule has 93 valence electrons. The van der Waals surface area contributed by atoms with E-state index in [1.165, 1.54) is 0 Å². The van der Waals surface area contributed by atoms with Crippen molar-refractivity contribution in [1.82, 2.24) is 0 Å². The zero-order valence-electron chi connectivity index (χ0n) is 8.77. The smallest absolute Gasteiger partial charge is 0.345 e. The molecule has 0 saturated heterocycles. The number of carbonyl (C=O) groups excluding carboxylic acids is 1. The zero-order chi connectivity index (χ0) is 12.9. The quantitative estimate of drug-likeness (QED) is 0.251. The first-order chi connectivity index (χ1) is 7.11. The second kappa shape index (κ2) is 7.80. The SMILES string of the molecule is O=C(O)CC(OC(=O)CP(=O)(O)O)C(=O)O.[Na]. The Morgan fingerprint density at radius 3 is 1.94 bits per heavy atom. The van der Waals surface area contributed by atoms with Gasteiger partial charge in [0.2, 0.25) is 6.10 Å². The maximum atomic E-state index is 10.8. The molecule has 1 atom stereocenters. The van der Waals surface area contributed by atoms with Gasteiger partial charge >= 0.3 is 25.5 Å². The number of ether oxygens (including phenoxy) is 1. The Morgan fingerprint density at radius 2 is 1.65 bits per heavy atom. The van der Waals surface area contributed by atoms with Crippen molar-refractivity contribution < 1.29 is 43.7 Å². The van der Waals surface area contributed by atoms with Crippen LogP contribution in [0, 0.1) is 0 Å². The van der Waals surface area contributed by atoms with Crippen LogP contribution in [0.5, 0.6) is 0 Å². The van der Waals surface area contributed by atoms with Gasteiger partial charge in [-0.15, -0.1) is 0 Å². The molecule has 0 aromatic rings. The summed E-state index contributed by atoms with van der Waals surface area (Å²) in [5.74, 6) is -4.69. The van der Waals surface area contributed by atoms with Gasteiger partial charge in [-0.3, -0.25) is 14.2 Å². The number of carboxylic acid groups (broad SMARTS) is 2. The molecule has 0 spiro atoms. The van der Waals surface area contributed by atoms with Crippen LogP contribution in [0.15, 0.2) is 0 Å². The van der Waals surface area contributed by atoms with Crippen molar-refractivity contribution >= 4 is 55.1 Å². The van der Waals surface area contributed by atoms with Crippen molar-refractivity contribution in [2.75, 3.05) is 6.16 Å². The van der Waals surface area contributed by atoms with E-state index in [-0.39, 0.29) is 29.6 Å². The molecule has 0 bridgehead atoms. The van der Waals surface area contributed by atoms with Crippen molar-refractivity contribution in [3.63, 3.8) is 0 Å². The molecule has 0 fully saturated rings. The maximum absolute atomic E-state index is 10.8. The van der Waals surface area contributed by atoms with E-state index in [0.29, 0.717) is 0 Å². The fraction of sp³-hybridized carbons (Fsp3) is 0.500. The van der Waals surface area contributed by atoms with Gasteiger partial charge in [0.1, 0.15) is 6.16 Å². The van der Waals surface area contributed by atoms with E-state index < -0.39 is 44.2 Å². The summed E-state index contributed by atoms with van der Waals surface area (Å²) in [6.45, 7) is 0. The van der Waals surface area contributed by atoms with Gasteiger partial charge in [0, 0.05) is 29.6 Å². The first-order valence-corrected chi connectivity index (χ1v) is 5.60. The van der Waals surface area contributed by atoms with Crippen LogP contribution in [0.4, 0.5) is 0 Å². The number of hydrogen-bond donors (Lipinski definition) is 4. The third kappa shape index (κ3) is 10.4. The third-order valence-corrected chi connectivity index (χ3v) is 1.91. The molecule has 0 aromatic carbocycles. The molecule has 0 aromatic heterocycles. The number of hydrogen-bond acceptors (Lipinski definition) is 5. The van der Waals surface area contributed by atoms with Gasteiger partial charge in [0.05, 0.1) is 6.42 Å². The molecule has 0 saturated carbocycles. The first kappa shape index (κ1) is 18.9. The van der Waals surface area contributed by atoms with Crippen LogP contribution in [0.2, 0.25) is 0 Å². The Morgan fingerprint density at radius 1 is 1.18 bits per heavy atom. The van der Waals surface area contributed by atoms with Gasteiger partial charge in [-0.05, 0) is 0 Å². The Kier molecular flexibility index (Phi) is 8.68. The van der Waals surface area contributed by atoms with E-state index in [1.54, 1.807) is 0 Å². The summed E-state index contributed by atoms with van der Waals surface area (Å²) in [6.07, 6.45) is -4.24. The average molecular weight is 279 g/mol. The summed E-state index contributed by atoms with van der Waals surface area (Å²) in [4.78, 5) is 48.1. The van der Waals surface area contributed by atoms with Crippen LogP contribution < -0.4 is 0 Å². The zero-order valence-corrected chi connectivity index (χ0v) is 11.7. The van der Waals surface area contributed by atoms with Crippen molar-refractivity contribution in [1.29, 1.82) is 0 Å². The van der Waals surface area contributed by atoms with Crippen molar-refractivity contribution in [3.8, 4) is 0 Å². The van der Waals surface area contributed by atoms with Gasteiger partial charge in [-0.1, -0.05) is 0 Å². The van der Waals surface area contributed by atoms with Crippen LogP contribution in [-0.2, 0) is 23.7 Å². The molecular weight excluding hydrogens is 270 g/mol. The van der Waals surface area contributed by atoms with Gasteiger partial charge < -0.3 is 24.7 Å². The van der Waals surface area contributed by atoms with E-state index in [9.17, 15) is 18.9 Å². The fourth-order valence-corrected chi connectivity index (χ4v) is 1.11. The minimum absolute atomic E-state index is 0. The topological polar surface area (TPSA) is 158 Å². The van der Waals surface area contributed by atoms with Crippen LogP contribution >= 0.6 is 7.60 Å². The van der Waals surface area contributed by atoms with E-state index in [4.69, 9.17) is 20.0 Å². The average Bonchev–Trinajstić information content (AvgIpc) is 1.97. The standard InChI is InChI=1S/C6H9O9P.Na/c7-4(8)1-3(6(10)11)15-5(9)2-16(12,13)14;/h3H,1-2H2,(H,7,8)(H,10,11)(H2,12,13,14);. The summed E-state index contributed by atoms with van der Waals surface area (Å²) in [6, 6.07) is 0. The maximum Gasteiger partial charge on any atom is 0.345 e. The van der Waals surface area contributed by atoms with Gasteiger partial charge in [-0.2, -0.15) is 0 Å². The number of carbonyl (C=O) groups is 3. The molecule has 17 heavy (non-hydrogen) atoms. The Hall–Kier alpha value is -0.440. The van der Waals surface area contributed by atoms with Crippen LogP contribution in [-0.4, -0.2) is 79.7 Å². The van der Waals surface area contributed by atoms with E-state index in [0.717, 1.165) is 0 Å². The number of aliphatic carboxylic acids is 2. The van der Waals surface area contributed by atoms with Crippen LogP contribution in [0.1, 0.15) is 6.42 Å². The molecule has 0 heterocycles. The number of rotatable bonds is 6. The minimum Gasteiger partial charge on any atom is -0.481 e. The summed E-state index contributed by atoms with van der Waals surface area (Å²) < 4.78 is 14.4. The summed E-state index contributed by atoms with van der Waals surface area (Å²) in [5.41, 5.74) is 0. The predicted octanol–water partition coefficient (Wildman–Crippen LogP) is -1.75. The van der Waals surface area contributed by atoms with Gasteiger partial charge in [0.25, 0.3) is 0 Å². The molecule has 11 heteroatoms. The number of esters is 1. The minimum atomic E-state index is -4.66. The third-order valence-electron chi connectivity index (χ3n) is 1.24. The monoisotopic (exact) mass is 279 g/mol. The summed E-state index contributed by atoms with van der Waals surface area (Å²) in [7, 11) is -4.66. The van der Waals surface area contributed by atoms with Crippen LogP contribution in [0.3, 0.4) is 0 Å². The largest absolute Gasteiger partial charge is 0.481 e. The van der Waals surface area contributed by atoms with Crippen molar-refractivity contribution in [2.45, 2.75) is 12.5 Å².